The van der Waals surface area contributed by atoms with Crippen molar-refractivity contribution >= 4 is 29.6 Å². The number of amides is 1. The van der Waals surface area contributed by atoms with Crippen molar-refractivity contribution in [2.75, 3.05) is 0 Å². The molecule has 1 aliphatic rings. The molecule has 10 heteroatoms. The van der Waals surface area contributed by atoms with Gasteiger partial charge in [-0.05, 0) is 56.3 Å². The van der Waals surface area contributed by atoms with Gasteiger partial charge in [-0.2, -0.15) is 0 Å². The molecule has 1 aliphatic heterocycles. The maximum Gasteiger partial charge on any atom is 0.338 e. The number of hydrogen-bond acceptors (Lipinski definition) is 9. The first-order valence-corrected chi connectivity index (χ1v) is 13.6. The summed E-state index contributed by atoms with van der Waals surface area (Å²) in [5.41, 5.74) is 0.699. The van der Waals surface area contributed by atoms with Crippen LogP contribution in [0.4, 0.5) is 0 Å². The molecule has 0 saturated carbocycles. The van der Waals surface area contributed by atoms with Crippen LogP contribution >= 0.6 is 0 Å². The van der Waals surface area contributed by atoms with Gasteiger partial charge in [0.2, 0.25) is 5.91 Å². The lowest BCUT2D eigenvalue weighted by molar-refractivity contribution is -0.146. The van der Waals surface area contributed by atoms with Crippen LogP contribution in [0.1, 0.15) is 51.8 Å². The smallest absolute Gasteiger partial charge is 0.338 e. The highest BCUT2D eigenvalue weighted by Gasteiger charge is 2.55. The molecular weight excluding hydrogens is 554 g/mol. The van der Waals surface area contributed by atoms with E-state index in [1.807, 2.05) is 0 Å². The highest BCUT2D eigenvalue weighted by molar-refractivity contribution is 5.91. The average Bonchev–Trinajstić information content (AvgIpc) is 3.35. The third-order valence-corrected chi connectivity index (χ3v) is 6.60. The molecule has 0 N–H and O–H groups in total. The molecule has 1 heterocycles. The molecule has 0 radical (unpaired) electrons. The van der Waals surface area contributed by atoms with Crippen LogP contribution in [0, 0.1) is 0 Å². The molecule has 3 aromatic rings. The number of rotatable bonds is 10. The number of ether oxygens (including phenoxy) is 4. The van der Waals surface area contributed by atoms with E-state index in [1.54, 1.807) is 78.9 Å². The largest absolute Gasteiger partial charge is 0.456 e. The second-order valence-corrected chi connectivity index (χ2v) is 9.79. The zero-order valence-corrected chi connectivity index (χ0v) is 23.8. The Labute approximate surface area is 248 Å². The minimum atomic E-state index is -1.39. The van der Waals surface area contributed by atoms with Gasteiger partial charge in [0.25, 0.3) is 0 Å². The van der Waals surface area contributed by atoms with Gasteiger partial charge in [-0.15, -0.1) is 0 Å². The molecule has 1 amide bonds. The first-order valence-electron chi connectivity index (χ1n) is 13.6. The Morgan fingerprint density at radius 3 is 1.58 bits per heavy atom. The van der Waals surface area contributed by atoms with Crippen LogP contribution < -0.4 is 0 Å². The van der Waals surface area contributed by atoms with Crippen molar-refractivity contribution in [3.63, 3.8) is 0 Å². The van der Waals surface area contributed by atoms with E-state index in [2.05, 4.69) is 0 Å². The Balaban J connectivity index is 1.74. The maximum atomic E-state index is 13.3. The standard InChI is InChI=1S/C33H31NO9/c1-21(35)19-20-34(23(3)36)30-29(43-33(39)26-17-11-6-12-18-26)28(42-32(38)25-15-9-5-10-16-25)27(41-30)22(2)40-31(37)24-13-7-4-8-14-24/h4-20,22,27-30H,1-3H3/b20-19-/t22-,27-,28-,29-,30-/m1/s1. The number of allylic oxidation sites excluding steroid dienone is 1. The van der Waals surface area contributed by atoms with Gasteiger partial charge in [0, 0.05) is 13.1 Å². The molecule has 1 saturated heterocycles. The van der Waals surface area contributed by atoms with Crippen molar-refractivity contribution in [2.45, 2.75) is 51.4 Å². The predicted octanol–water partition coefficient (Wildman–Crippen LogP) is 4.36. The van der Waals surface area contributed by atoms with Gasteiger partial charge in [-0.25, -0.2) is 14.4 Å². The van der Waals surface area contributed by atoms with E-state index in [1.165, 1.54) is 39.1 Å². The fourth-order valence-electron chi connectivity index (χ4n) is 4.49. The molecule has 4 rings (SSSR count). The summed E-state index contributed by atoms with van der Waals surface area (Å²) < 4.78 is 23.7. The van der Waals surface area contributed by atoms with Crippen molar-refractivity contribution < 1.29 is 42.9 Å². The van der Waals surface area contributed by atoms with Crippen LogP contribution in [0.5, 0.6) is 0 Å². The van der Waals surface area contributed by atoms with Crippen LogP contribution in [-0.4, -0.2) is 65.1 Å². The van der Waals surface area contributed by atoms with Gasteiger partial charge in [-0.3, -0.25) is 14.5 Å². The number of ketones is 1. The molecule has 222 valence electrons. The van der Waals surface area contributed by atoms with E-state index in [9.17, 15) is 24.0 Å². The van der Waals surface area contributed by atoms with E-state index >= 15 is 0 Å². The Morgan fingerprint density at radius 1 is 0.698 bits per heavy atom. The Kier molecular flexibility index (Phi) is 10.2. The van der Waals surface area contributed by atoms with E-state index in [0.717, 1.165) is 11.0 Å². The summed E-state index contributed by atoms with van der Waals surface area (Å²) in [6.45, 7) is 4.08. The molecule has 3 aromatic carbocycles. The van der Waals surface area contributed by atoms with Crippen molar-refractivity contribution in [1.29, 1.82) is 0 Å². The van der Waals surface area contributed by atoms with Crippen molar-refractivity contribution in [3.8, 4) is 0 Å². The van der Waals surface area contributed by atoms with Crippen LogP contribution in [0.2, 0.25) is 0 Å². The fraction of sp³-hybridized carbons (Fsp3) is 0.242. The molecule has 5 atom stereocenters. The molecule has 1 fully saturated rings. The van der Waals surface area contributed by atoms with Crippen molar-refractivity contribution in [3.05, 3.63) is 120 Å². The molecule has 0 spiro atoms. The monoisotopic (exact) mass is 585 g/mol. The van der Waals surface area contributed by atoms with E-state index in [-0.39, 0.29) is 22.5 Å². The summed E-state index contributed by atoms with van der Waals surface area (Å²) in [5, 5.41) is 0. The summed E-state index contributed by atoms with van der Waals surface area (Å²) in [6, 6.07) is 24.5. The van der Waals surface area contributed by atoms with Crippen molar-refractivity contribution in [1.82, 2.24) is 4.90 Å². The summed E-state index contributed by atoms with van der Waals surface area (Å²) in [5.74, 6) is -3.09. The first-order chi connectivity index (χ1) is 20.7. The predicted molar refractivity (Wildman–Crippen MR) is 154 cm³/mol. The molecule has 0 bridgehead atoms. The number of esters is 3. The summed E-state index contributed by atoms with van der Waals surface area (Å²) in [4.78, 5) is 65.1. The van der Waals surface area contributed by atoms with Crippen LogP contribution in [0.25, 0.3) is 0 Å². The third kappa shape index (κ3) is 7.81. The van der Waals surface area contributed by atoms with Crippen molar-refractivity contribution in [2.24, 2.45) is 0 Å². The van der Waals surface area contributed by atoms with E-state index in [4.69, 9.17) is 18.9 Å². The topological polar surface area (TPSA) is 126 Å². The summed E-state index contributed by atoms with van der Waals surface area (Å²) >= 11 is 0. The second kappa shape index (κ2) is 14.2. The zero-order chi connectivity index (χ0) is 30.9. The molecular formula is C33H31NO9. The van der Waals surface area contributed by atoms with E-state index < -0.39 is 54.5 Å². The second-order valence-electron chi connectivity index (χ2n) is 9.79. The SMILES string of the molecule is CC(=O)/C=C\N(C(C)=O)[C@@H]1O[C@H]([C@@H](C)OC(=O)c2ccccc2)[C@@H](OC(=O)c2ccccc2)[C@H]1OC(=O)c1ccccc1. The van der Waals surface area contributed by atoms with Gasteiger partial charge in [-0.1, -0.05) is 54.6 Å². The molecule has 0 unspecified atom stereocenters. The molecule has 0 aromatic heterocycles. The average molecular weight is 586 g/mol. The van der Waals surface area contributed by atoms with Crippen LogP contribution in [-0.2, 0) is 28.5 Å². The Bertz CT molecular complexity index is 1470. The number of benzene rings is 3. The lowest BCUT2D eigenvalue weighted by Gasteiger charge is -2.29. The fourth-order valence-corrected chi connectivity index (χ4v) is 4.49. The molecule has 10 nitrogen and oxygen atoms in total. The number of nitrogens with zero attached hydrogens (tertiary/aromatic N) is 1. The molecule has 0 aliphatic carbocycles. The van der Waals surface area contributed by atoms with Gasteiger partial charge >= 0.3 is 17.9 Å². The lowest BCUT2D eigenvalue weighted by Crippen LogP contribution is -2.48. The van der Waals surface area contributed by atoms with E-state index in [0.29, 0.717) is 0 Å². The first kappa shape index (κ1) is 30.9. The Morgan fingerprint density at radius 2 is 1.14 bits per heavy atom. The quantitative estimate of drug-likeness (QED) is 0.194. The van der Waals surface area contributed by atoms with Gasteiger partial charge in [0.05, 0.1) is 16.7 Å². The highest BCUT2D eigenvalue weighted by atomic mass is 16.7. The number of carbonyl (C=O) groups is 5. The van der Waals surface area contributed by atoms with Crippen LogP contribution in [0.3, 0.4) is 0 Å². The summed E-state index contributed by atoms with van der Waals surface area (Å²) in [7, 11) is 0. The number of carbonyl (C=O) groups excluding carboxylic acids is 5. The third-order valence-electron chi connectivity index (χ3n) is 6.60. The number of hydrogen-bond donors (Lipinski definition) is 0. The summed E-state index contributed by atoms with van der Waals surface area (Å²) in [6.07, 6.45) is -3.95. The minimum absolute atomic E-state index is 0.204. The highest BCUT2D eigenvalue weighted by Crippen LogP contribution is 2.34. The van der Waals surface area contributed by atoms with Gasteiger partial charge in [0.15, 0.2) is 24.2 Å². The normalized spacial score (nSPS) is 20.2. The van der Waals surface area contributed by atoms with Crippen LogP contribution in [0.15, 0.2) is 103 Å². The van der Waals surface area contributed by atoms with Gasteiger partial charge in [0.1, 0.15) is 12.2 Å². The zero-order valence-electron chi connectivity index (χ0n) is 23.8. The minimum Gasteiger partial charge on any atom is -0.456 e. The Hall–Kier alpha value is -5.09. The van der Waals surface area contributed by atoms with Gasteiger partial charge < -0.3 is 18.9 Å². The molecule has 43 heavy (non-hydrogen) atoms. The maximum absolute atomic E-state index is 13.3. The lowest BCUT2D eigenvalue weighted by atomic mass is 10.0.